The van der Waals surface area contributed by atoms with E-state index in [1.54, 1.807) is 36.4 Å². The maximum Gasteiger partial charge on any atom is 0.271 e. The highest BCUT2D eigenvalue weighted by Crippen LogP contribution is 2.22. The number of nitrogens with zero attached hydrogens (tertiary/aromatic N) is 1. The van der Waals surface area contributed by atoms with Gasteiger partial charge in [-0.2, -0.15) is 5.10 Å². The van der Waals surface area contributed by atoms with Crippen LogP contribution in [0.25, 0.3) is 0 Å². The van der Waals surface area contributed by atoms with Crippen LogP contribution in [0.5, 0.6) is 5.75 Å². The summed E-state index contributed by atoms with van der Waals surface area (Å²) in [5, 5.41) is 13.2. The lowest BCUT2D eigenvalue weighted by atomic mass is 9.87. The van der Waals surface area contributed by atoms with E-state index in [2.05, 4.69) is 31.3 Å². The first kappa shape index (κ1) is 15.8. The minimum Gasteiger partial charge on any atom is -0.508 e. The summed E-state index contributed by atoms with van der Waals surface area (Å²) in [6.07, 6.45) is 1.49. The van der Waals surface area contributed by atoms with Gasteiger partial charge in [-0.3, -0.25) is 4.79 Å². The van der Waals surface area contributed by atoms with Crippen LogP contribution in [0.2, 0.25) is 0 Å². The average Bonchev–Trinajstić information content (AvgIpc) is 2.46. The van der Waals surface area contributed by atoms with Gasteiger partial charge in [0.25, 0.3) is 5.91 Å². The van der Waals surface area contributed by atoms with E-state index in [4.69, 9.17) is 0 Å². The highest BCUT2D eigenvalue weighted by atomic mass is 16.3. The zero-order valence-electron chi connectivity index (χ0n) is 13.0. The van der Waals surface area contributed by atoms with Gasteiger partial charge in [-0.25, -0.2) is 5.43 Å². The van der Waals surface area contributed by atoms with E-state index in [1.165, 1.54) is 11.8 Å². The van der Waals surface area contributed by atoms with Gasteiger partial charge in [-0.05, 0) is 40.8 Å². The number of phenols is 1. The third kappa shape index (κ3) is 4.19. The Morgan fingerprint density at radius 1 is 1.14 bits per heavy atom. The van der Waals surface area contributed by atoms with Gasteiger partial charge in [0.05, 0.1) is 6.21 Å². The van der Waals surface area contributed by atoms with Crippen molar-refractivity contribution in [3.8, 4) is 5.75 Å². The Hall–Kier alpha value is -2.62. The minimum atomic E-state index is -0.267. The maximum absolute atomic E-state index is 12.0. The summed E-state index contributed by atoms with van der Waals surface area (Å²) in [5.74, 6) is -0.107. The van der Waals surface area contributed by atoms with Gasteiger partial charge in [-0.15, -0.1) is 0 Å². The third-order valence-corrected chi connectivity index (χ3v) is 3.26. The van der Waals surface area contributed by atoms with Crippen molar-refractivity contribution < 1.29 is 9.90 Å². The summed E-state index contributed by atoms with van der Waals surface area (Å²) in [6.45, 7) is 6.38. The van der Waals surface area contributed by atoms with E-state index in [1.807, 2.05) is 12.1 Å². The zero-order chi connectivity index (χ0) is 16.2. The molecule has 2 aromatic rings. The molecule has 4 heteroatoms. The topological polar surface area (TPSA) is 61.7 Å². The normalized spacial score (nSPS) is 11.6. The molecule has 0 saturated carbocycles. The van der Waals surface area contributed by atoms with E-state index < -0.39 is 0 Å². The first-order valence-electron chi connectivity index (χ1n) is 7.09. The fourth-order valence-corrected chi connectivity index (χ4v) is 1.96. The number of benzene rings is 2. The zero-order valence-corrected chi connectivity index (χ0v) is 13.0. The molecule has 0 radical (unpaired) electrons. The van der Waals surface area contributed by atoms with E-state index >= 15 is 0 Å². The number of nitrogens with one attached hydrogen (secondary N) is 1. The summed E-state index contributed by atoms with van der Waals surface area (Å²) in [7, 11) is 0. The van der Waals surface area contributed by atoms with Crippen molar-refractivity contribution in [2.45, 2.75) is 26.2 Å². The van der Waals surface area contributed by atoms with Crippen molar-refractivity contribution in [2.24, 2.45) is 5.10 Å². The molecule has 0 bridgehead atoms. The summed E-state index contributed by atoms with van der Waals surface area (Å²) in [6, 6.07) is 14.1. The van der Waals surface area contributed by atoms with E-state index in [0.717, 1.165) is 0 Å². The Balaban J connectivity index is 2.00. The lowest BCUT2D eigenvalue weighted by Crippen LogP contribution is -2.18. The molecular formula is C18H20N2O2. The van der Waals surface area contributed by atoms with Gasteiger partial charge in [0, 0.05) is 5.56 Å². The molecule has 114 valence electrons. The Labute approximate surface area is 130 Å². The van der Waals surface area contributed by atoms with Crippen LogP contribution in [0, 0.1) is 0 Å². The van der Waals surface area contributed by atoms with Gasteiger partial charge in [0.2, 0.25) is 0 Å². The highest BCUT2D eigenvalue weighted by molar-refractivity contribution is 5.94. The first-order valence-corrected chi connectivity index (χ1v) is 7.09. The third-order valence-electron chi connectivity index (χ3n) is 3.26. The van der Waals surface area contributed by atoms with Crippen molar-refractivity contribution >= 4 is 12.1 Å². The van der Waals surface area contributed by atoms with Gasteiger partial charge in [0.1, 0.15) is 5.75 Å². The molecule has 0 fully saturated rings. The number of amides is 1. The molecule has 0 aliphatic heterocycles. The smallest absolute Gasteiger partial charge is 0.271 e. The summed E-state index contributed by atoms with van der Waals surface area (Å²) in [4.78, 5) is 12.0. The average molecular weight is 296 g/mol. The van der Waals surface area contributed by atoms with Crippen LogP contribution in [-0.4, -0.2) is 17.2 Å². The fraction of sp³-hybridized carbons (Fsp3) is 0.222. The second-order valence-electron chi connectivity index (χ2n) is 6.12. The summed E-state index contributed by atoms with van der Waals surface area (Å²) >= 11 is 0. The van der Waals surface area contributed by atoms with Gasteiger partial charge in [0.15, 0.2) is 0 Å². The largest absolute Gasteiger partial charge is 0.508 e. The molecule has 22 heavy (non-hydrogen) atoms. The van der Waals surface area contributed by atoms with Gasteiger partial charge in [-0.1, -0.05) is 45.0 Å². The Kier molecular flexibility index (Phi) is 4.61. The van der Waals surface area contributed by atoms with Crippen molar-refractivity contribution in [3.05, 3.63) is 65.2 Å². The van der Waals surface area contributed by atoms with Crippen LogP contribution < -0.4 is 5.43 Å². The van der Waals surface area contributed by atoms with E-state index in [-0.39, 0.29) is 17.1 Å². The molecule has 0 saturated heterocycles. The highest BCUT2D eigenvalue weighted by Gasteiger charge is 2.14. The molecular weight excluding hydrogens is 276 g/mol. The Bertz CT molecular complexity index is 683. The van der Waals surface area contributed by atoms with Crippen LogP contribution in [0.3, 0.4) is 0 Å². The summed E-state index contributed by atoms with van der Waals surface area (Å²) < 4.78 is 0. The number of carbonyl (C=O) groups excluding carboxylic acids is 1. The lowest BCUT2D eigenvalue weighted by molar-refractivity contribution is 0.0955. The molecule has 0 aliphatic rings. The standard InChI is InChI=1S/C18H20N2O2/c1-18(2,3)15-9-7-14(8-10-15)17(22)20-19-12-13-5-4-6-16(21)11-13/h4-12,21H,1-3H3,(H,20,22). The van der Waals surface area contributed by atoms with Crippen LogP contribution in [0.1, 0.15) is 42.3 Å². The number of rotatable bonds is 3. The molecule has 4 nitrogen and oxygen atoms in total. The Morgan fingerprint density at radius 2 is 1.82 bits per heavy atom. The van der Waals surface area contributed by atoms with E-state index in [9.17, 15) is 9.90 Å². The van der Waals surface area contributed by atoms with Crippen molar-refractivity contribution in [1.29, 1.82) is 0 Å². The quantitative estimate of drug-likeness (QED) is 0.673. The minimum absolute atomic E-state index is 0.0580. The number of hydrogen-bond acceptors (Lipinski definition) is 3. The number of carbonyl (C=O) groups is 1. The van der Waals surface area contributed by atoms with Crippen molar-refractivity contribution in [2.75, 3.05) is 0 Å². The predicted molar refractivity (Wildman–Crippen MR) is 88.3 cm³/mol. The van der Waals surface area contributed by atoms with Gasteiger partial charge >= 0.3 is 0 Å². The Morgan fingerprint density at radius 3 is 2.41 bits per heavy atom. The molecule has 0 aliphatic carbocycles. The number of phenolic OH excluding ortho intramolecular Hbond substituents is 1. The monoisotopic (exact) mass is 296 g/mol. The van der Waals surface area contributed by atoms with Crippen molar-refractivity contribution in [1.82, 2.24) is 5.43 Å². The van der Waals surface area contributed by atoms with Crippen LogP contribution in [0.15, 0.2) is 53.6 Å². The number of hydrazone groups is 1. The molecule has 0 atom stereocenters. The molecule has 0 heterocycles. The van der Waals surface area contributed by atoms with E-state index in [0.29, 0.717) is 11.1 Å². The molecule has 0 spiro atoms. The van der Waals surface area contributed by atoms with Crippen molar-refractivity contribution in [3.63, 3.8) is 0 Å². The predicted octanol–water partition coefficient (Wildman–Crippen LogP) is 3.45. The first-order chi connectivity index (χ1) is 10.4. The second-order valence-corrected chi connectivity index (χ2v) is 6.12. The maximum atomic E-state index is 12.0. The molecule has 2 N–H and O–H groups in total. The molecule has 2 aromatic carbocycles. The SMILES string of the molecule is CC(C)(C)c1ccc(C(=O)NN=Cc2cccc(O)c2)cc1. The van der Waals surface area contributed by atoms with Crippen LogP contribution >= 0.6 is 0 Å². The van der Waals surface area contributed by atoms with Gasteiger partial charge < -0.3 is 5.11 Å². The fourth-order valence-electron chi connectivity index (χ4n) is 1.96. The molecule has 2 rings (SSSR count). The molecule has 0 aromatic heterocycles. The lowest BCUT2D eigenvalue weighted by Gasteiger charge is -2.18. The van der Waals surface area contributed by atoms with Crippen LogP contribution in [-0.2, 0) is 5.41 Å². The number of hydrogen-bond donors (Lipinski definition) is 2. The van der Waals surface area contributed by atoms with Crippen LogP contribution in [0.4, 0.5) is 0 Å². The number of aromatic hydroxyl groups is 1. The molecule has 0 unspecified atom stereocenters. The molecule has 1 amide bonds. The summed E-state index contributed by atoms with van der Waals surface area (Å²) in [5.41, 5.74) is 4.97. The second kappa shape index (κ2) is 6.43.